The Hall–Kier alpha value is -2.49. The number of likely N-dealkylation sites (N-methyl/N-ethyl adjacent to an activating group) is 1. The van der Waals surface area contributed by atoms with Crippen LogP contribution in [0.3, 0.4) is 0 Å². The normalized spacial score (nSPS) is 10.3. The number of carbonyl (C=O) groups excluding carboxylic acids is 1. The molecule has 0 heterocycles. The average molecular weight is 313 g/mol. The first-order chi connectivity index (χ1) is 11.0. The van der Waals surface area contributed by atoms with E-state index in [0.717, 1.165) is 28.2 Å². The Morgan fingerprint density at radius 3 is 2.17 bits per heavy atom. The third-order valence-corrected chi connectivity index (χ3v) is 3.56. The second kappa shape index (κ2) is 7.68. The summed E-state index contributed by atoms with van der Waals surface area (Å²) in [7, 11) is 3.41. The van der Waals surface area contributed by atoms with E-state index in [0.29, 0.717) is 6.54 Å². The van der Waals surface area contributed by atoms with E-state index in [1.165, 1.54) is 0 Å². The van der Waals surface area contributed by atoms with Crippen molar-refractivity contribution in [3.05, 3.63) is 59.2 Å². The van der Waals surface area contributed by atoms with Crippen LogP contribution in [0.5, 0.6) is 11.5 Å². The highest BCUT2D eigenvalue weighted by molar-refractivity contribution is 5.77. The first kappa shape index (κ1) is 16.9. The number of hydrogen-bond acceptors (Lipinski definition) is 3. The maximum Gasteiger partial charge on any atom is 0.260 e. The van der Waals surface area contributed by atoms with E-state index in [1.54, 1.807) is 19.1 Å². The average Bonchev–Trinajstić information content (AvgIpc) is 2.52. The summed E-state index contributed by atoms with van der Waals surface area (Å²) in [4.78, 5) is 13.8. The predicted molar refractivity (Wildman–Crippen MR) is 90.9 cm³/mol. The molecule has 0 fully saturated rings. The summed E-state index contributed by atoms with van der Waals surface area (Å²) < 4.78 is 10.7. The molecular formula is C19H23NO3. The van der Waals surface area contributed by atoms with Crippen LogP contribution in [0.4, 0.5) is 0 Å². The number of hydrogen-bond donors (Lipinski definition) is 0. The number of methoxy groups -OCH3 is 1. The van der Waals surface area contributed by atoms with Crippen molar-refractivity contribution in [2.45, 2.75) is 20.4 Å². The lowest BCUT2D eigenvalue weighted by atomic mass is 10.1. The van der Waals surface area contributed by atoms with Crippen LogP contribution in [0.1, 0.15) is 16.7 Å². The van der Waals surface area contributed by atoms with E-state index in [-0.39, 0.29) is 12.5 Å². The van der Waals surface area contributed by atoms with E-state index in [4.69, 9.17) is 9.47 Å². The molecule has 0 saturated carbocycles. The van der Waals surface area contributed by atoms with Crippen molar-refractivity contribution in [2.24, 2.45) is 0 Å². The summed E-state index contributed by atoms with van der Waals surface area (Å²) in [6.45, 7) is 4.60. The van der Waals surface area contributed by atoms with Gasteiger partial charge in [0.25, 0.3) is 5.91 Å². The summed E-state index contributed by atoms with van der Waals surface area (Å²) in [6.07, 6.45) is 0. The molecule has 23 heavy (non-hydrogen) atoms. The molecule has 0 aliphatic heterocycles. The zero-order chi connectivity index (χ0) is 16.8. The lowest BCUT2D eigenvalue weighted by Crippen LogP contribution is -2.30. The molecule has 1 amide bonds. The topological polar surface area (TPSA) is 38.8 Å². The summed E-state index contributed by atoms with van der Waals surface area (Å²) in [5, 5.41) is 0. The van der Waals surface area contributed by atoms with Gasteiger partial charge in [-0.3, -0.25) is 4.79 Å². The largest absolute Gasteiger partial charge is 0.497 e. The van der Waals surface area contributed by atoms with Crippen molar-refractivity contribution in [1.29, 1.82) is 0 Å². The standard InChI is InChI=1S/C19H23NO3/c1-14-9-15(2)11-18(10-14)23-13-19(21)20(3)12-16-5-7-17(22-4)8-6-16/h5-11H,12-13H2,1-4H3. The minimum Gasteiger partial charge on any atom is -0.497 e. The van der Waals surface area contributed by atoms with E-state index in [1.807, 2.05) is 50.2 Å². The number of carbonyl (C=O) groups is 1. The Kier molecular flexibility index (Phi) is 5.63. The Bertz CT molecular complexity index is 645. The zero-order valence-corrected chi connectivity index (χ0v) is 14.1. The first-order valence-corrected chi connectivity index (χ1v) is 7.56. The van der Waals surface area contributed by atoms with Crippen molar-refractivity contribution in [1.82, 2.24) is 4.90 Å². The van der Waals surface area contributed by atoms with E-state index < -0.39 is 0 Å². The molecule has 2 aromatic rings. The van der Waals surface area contributed by atoms with E-state index in [2.05, 4.69) is 6.07 Å². The molecule has 2 aromatic carbocycles. The van der Waals surface area contributed by atoms with Gasteiger partial charge < -0.3 is 14.4 Å². The molecule has 0 unspecified atom stereocenters. The molecule has 0 aliphatic carbocycles. The van der Waals surface area contributed by atoms with Crippen LogP contribution >= 0.6 is 0 Å². The second-order valence-electron chi connectivity index (χ2n) is 5.71. The smallest absolute Gasteiger partial charge is 0.260 e. The molecule has 0 saturated heterocycles. The first-order valence-electron chi connectivity index (χ1n) is 7.56. The summed E-state index contributed by atoms with van der Waals surface area (Å²) in [5.41, 5.74) is 3.30. The van der Waals surface area contributed by atoms with Gasteiger partial charge in [-0.1, -0.05) is 18.2 Å². The van der Waals surface area contributed by atoms with Gasteiger partial charge in [-0.25, -0.2) is 0 Å². The highest BCUT2D eigenvalue weighted by atomic mass is 16.5. The fourth-order valence-corrected chi connectivity index (χ4v) is 2.36. The molecule has 0 aromatic heterocycles. The maximum atomic E-state index is 12.2. The van der Waals surface area contributed by atoms with Gasteiger partial charge >= 0.3 is 0 Å². The summed E-state index contributed by atoms with van der Waals surface area (Å²) >= 11 is 0. The number of nitrogens with zero attached hydrogens (tertiary/aromatic N) is 1. The summed E-state index contributed by atoms with van der Waals surface area (Å²) in [5.74, 6) is 1.48. The fraction of sp³-hybridized carbons (Fsp3) is 0.316. The van der Waals surface area contributed by atoms with Gasteiger partial charge in [0, 0.05) is 13.6 Å². The van der Waals surface area contributed by atoms with Crippen LogP contribution in [0.2, 0.25) is 0 Å². The molecule has 2 rings (SSSR count). The second-order valence-corrected chi connectivity index (χ2v) is 5.71. The Morgan fingerprint density at radius 1 is 1.00 bits per heavy atom. The molecule has 0 radical (unpaired) electrons. The molecule has 0 atom stereocenters. The fourth-order valence-electron chi connectivity index (χ4n) is 2.36. The van der Waals surface area contributed by atoms with Gasteiger partial charge in [-0.15, -0.1) is 0 Å². The molecule has 4 heteroatoms. The summed E-state index contributed by atoms with van der Waals surface area (Å²) in [6, 6.07) is 13.6. The molecule has 122 valence electrons. The van der Waals surface area contributed by atoms with Crippen LogP contribution in [0.15, 0.2) is 42.5 Å². The molecule has 0 N–H and O–H groups in total. The van der Waals surface area contributed by atoms with Crippen molar-refractivity contribution in [3.63, 3.8) is 0 Å². The van der Waals surface area contributed by atoms with Crippen LogP contribution in [0.25, 0.3) is 0 Å². The quantitative estimate of drug-likeness (QED) is 0.821. The SMILES string of the molecule is COc1ccc(CN(C)C(=O)COc2cc(C)cc(C)c2)cc1. The van der Waals surface area contributed by atoms with Crippen molar-refractivity contribution in [2.75, 3.05) is 20.8 Å². The lowest BCUT2D eigenvalue weighted by Gasteiger charge is -2.18. The number of ether oxygens (including phenoxy) is 2. The molecule has 0 spiro atoms. The Balaban J connectivity index is 1.89. The molecular weight excluding hydrogens is 290 g/mol. The number of rotatable bonds is 6. The number of amides is 1. The zero-order valence-electron chi connectivity index (χ0n) is 14.1. The molecule has 4 nitrogen and oxygen atoms in total. The maximum absolute atomic E-state index is 12.2. The third kappa shape index (κ3) is 5.02. The third-order valence-electron chi connectivity index (χ3n) is 3.56. The Labute approximate surface area is 137 Å². The molecule has 0 aliphatic rings. The van der Waals surface area contributed by atoms with Gasteiger partial charge in [0.2, 0.25) is 0 Å². The van der Waals surface area contributed by atoms with Crippen molar-refractivity contribution < 1.29 is 14.3 Å². The van der Waals surface area contributed by atoms with Crippen molar-refractivity contribution in [3.8, 4) is 11.5 Å². The van der Waals surface area contributed by atoms with Gasteiger partial charge in [0.05, 0.1) is 7.11 Å². The van der Waals surface area contributed by atoms with Crippen LogP contribution in [0, 0.1) is 13.8 Å². The van der Waals surface area contributed by atoms with E-state index >= 15 is 0 Å². The van der Waals surface area contributed by atoms with E-state index in [9.17, 15) is 4.79 Å². The van der Waals surface area contributed by atoms with Crippen LogP contribution in [-0.2, 0) is 11.3 Å². The predicted octanol–water partition coefficient (Wildman–Crippen LogP) is 3.35. The van der Waals surface area contributed by atoms with Gasteiger partial charge in [-0.05, 0) is 54.8 Å². The highest BCUT2D eigenvalue weighted by Gasteiger charge is 2.10. The van der Waals surface area contributed by atoms with Crippen LogP contribution < -0.4 is 9.47 Å². The highest BCUT2D eigenvalue weighted by Crippen LogP contribution is 2.16. The minimum atomic E-state index is -0.0556. The van der Waals surface area contributed by atoms with Gasteiger partial charge in [0.15, 0.2) is 6.61 Å². The Morgan fingerprint density at radius 2 is 1.61 bits per heavy atom. The van der Waals surface area contributed by atoms with Crippen molar-refractivity contribution >= 4 is 5.91 Å². The van der Waals surface area contributed by atoms with Gasteiger partial charge in [-0.2, -0.15) is 0 Å². The van der Waals surface area contributed by atoms with Crippen LogP contribution in [-0.4, -0.2) is 31.6 Å². The number of benzene rings is 2. The number of aryl methyl sites for hydroxylation is 2. The minimum absolute atomic E-state index is 0.0373. The molecule has 0 bridgehead atoms. The van der Waals surface area contributed by atoms with Gasteiger partial charge in [0.1, 0.15) is 11.5 Å². The lowest BCUT2D eigenvalue weighted by molar-refractivity contribution is -0.132. The monoisotopic (exact) mass is 313 g/mol.